The molecule has 7 nitrogen and oxygen atoms in total. The van der Waals surface area contributed by atoms with E-state index in [1.807, 2.05) is 0 Å². The minimum atomic E-state index is -3.56. The van der Waals surface area contributed by atoms with Crippen LogP contribution in [0, 0.1) is 5.92 Å². The Hall–Kier alpha value is -1.38. The lowest BCUT2D eigenvalue weighted by atomic mass is 10.2. The highest BCUT2D eigenvalue weighted by Crippen LogP contribution is 2.13. The van der Waals surface area contributed by atoms with Gasteiger partial charge in [0.2, 0.25) is 10.0 Å². The quantitative estimate of drug-likeness (QED) is 0.644. The molecule has 3 N–H and O–H groups in total. The number of amides is 1. The third-order valence-electron chi connectivity index (χ3n) is 2.71. The molecular weight excluding hydrogens is 270 g/mol. The van der Waals surface area contributed by atoms with Gasteiger partial charge >= 0.3 is 0 Å². The number of nitrogens with zero attached hydrogens (tertiary/aromatic N) is 1. The Bertz CT molecular complexity index is 550. The molecule has 0 radical (unpaired) electrons. The summed E-state index contributed by atoms with van der Waals surface area (Å²) in [6.45, 7) is 2.10. The fourth-order valence-corrected chi connectivity index (χ4v) is 2.25. The SMILES string of the molecule is CNS(=O)(=O)c1cc(C(=O)NCC(C)CO)n(C)c1. The summed E-state index contributed by atoms with van der Waals surface area (Å²) in [6, 6.07) is 1.31. The van der Waals surface area contributed by atoms with Crippen LogP contribution in [0.4, 0.5) is 0 Å². The van der Waals surface area contributed by atoms with E-state index in [0.717, 1.165) is 0 Å². The maximum atomic E-state index is 11.9. The summed E-state index contributed by atoms with van der Waals surface area (Å²) in [5.41, 5.74) is 0.249. The van der Waals surface area contributed by atoms with Gasteiger partial charge < -0.3 is 15.0 Å². The first-order valence-electron chi connectivity index (χ1n) is 5.80. The molecule has 0 aliphatic rings. The Kier molecular flexibility index (Phi) is 5.10. The van der Waals surface area contributed by atoms with Crippen LogP contribution in [0.25, 0.3) is 0 Å². The van der Waals surface area contributed by atoms with Gasteiger partial charge in [-0.3, -0.25) is 4.79 Å². The molecule has 1 unspecified atom stereocenters. The summed E-state index contributed by atoms with van der Waals surface area (Å²) in [7, 11) is -0.653. The van der Waals surface area contributed by atoms with Gasteiger partial charge in [0.1, 0.15) is 10.6 Å². The van der Waals surface area contributed by atoms with Gasteiger partial charge in [-0.1, -0.05) is 6.92 Å². The molecule has 1 heterocycles. The van der Waals surface area contributed by atoms with E-state index in [2.05, 4.69) is 10.0 Å². The Labute approximate surface area is 112 Å². The fourth-order valence-electron chi connectivity index (χ4n) is 1.45. The van der Waals surface area contributed by atoms with Crippen molar-refractivity contribution in [1.82, 2.24) is 14.6 Å². The third kappa shape index (κ3) is 3.79. The van der Waals surface area contributed by atoms with Gasteiger partial charge in [0.25, 0.3) is 5.91 Å². The smallest absolute Gasteiger partial charge is 0.267 e. The number of sulfonamides is 1. The average molecular weight is 289 g/mol. The molecule has 1 amide bonds. The molecule has 0 saturated heterocycles. The van der Waals surface area contributed by atoms with Crippen LogP contribution >= 0.6 is 0 Å². The lowest BCUT2D eigenvalue weighted by Gasteiger charge is -2.09. The van der Waals surface area contributed by atoms with E-state index < -0.39 is 10.0 Å². The van der Waals surface area contributed by atoms with Gasteiger partial charge in [-0.25, -0.2) is 13.1 Å². The molecule has 1 aromatic rings. The second kappa shape index (κ2) is 6.18. The number of aliphatic hydroxyl groups excluding tert-OH is 1. The van der Waals surface area contributed by atoms with E-state index in [9.17, 15) is 13.2 Å². The van der Waals surface area contributed by atoms with Crippen molar-refractivity contribution in [3.63, 3.8) is 0 Å². The van der Waals surface area contributed by atoms with Crippen molar-refractivity contribution >= 4 is 15.9 Å². The number of aryl methyl sites for hydroxylation is 1. The van der Waals surface area contributed by atoms with E-state index in [4.69, 9.17) is 5.11 Å². The van der Waals surface area contributed by atoms with Crippen molar-refractivity contribution in [2.75, 3.05) is 20.2 Å². The molecule has 0 bridgehead atoms. The predicted octanol–water partition coefficient (Wildman–Crippen LogP) is -0.709. The maximum Gasteiger partial charge on any atom is 0.267 e. The minimum absolute atomic E-state index is 0.0210. The molecule has 0 aromatic carbocycles. The van der Waals surface area contributed by atoms with Crippen molar-refractivity contribution in [3.05, 3.63) is 18.0 Å². The number of carbonyl (C=O) groups is 1. The van der Waals surface area contributed by atoms with Crippen LogP contribution in [-0.2, 0) is 17.1 Å². The summed E-state index contributed by atoms with van der Waals surface area (Å²) in [5, 5.41) is 11.5. The van der Waals surface area contributed by atoms with Gasteiger partial charge in [-0.15, -0.1) is 0 Å². The highest BCUT2D eigenvalue weighted by Gasteiger charge is 2.19. The highest BCUT2D eigenvalue weighted by atomic mass is 32.2. The van der Waals surface area contributed by atoms with E-state index in [1.54, 1.807) is 14.0 Å². The second-order valence-corrected chi connectivity index (χ2v) is 6.26. The van der Waals surface area contributed by atoms with Crippen LogP contribution in [0.1, 0.15) is 17.4 Å². The van der Waals surface area contributed by atoms with Crippen LogP contribution in [0.3, 0.4) is 0 Å². The molecule has 0 fully saturated rings. The molecule has 1 atom stereocenters. The number of hydrogen-bond acceptors (Lipinski definition) is 4. The molecular formula is C11H19N3O4S. The molecule has 0 aliphatic carbocycles. The van der Waals surface area contributed by atoms with Gasteiger partial charge in [0.05, 0.1) is 0 Å². The normalized spacial score (nSPS) is 13.3. The zero-order valence-electron chi connectivity index (χ0n) is 11.2. The van der Waals surface area contributed by atoms with Crippen molar-refractivity contribution < 1.29 is 18.3 Å². The molecule has 0 saturated carbocycles. The standard InChI is InChI=1S/C11H19N3O4S/c1-8(7-15)5-13-11(16)10-4-9(6-14(10)3)19(17,18)12-2/h4,6,8,12,15H,5,7H2,1-3H3,(H,13,16). The van der Waals surface area contributed by atoms with Crippen molar-refractivity contribution in [1.29, 1.82) is 0 Å². The monoisotopic (exact) mass is 289 g/mol. The molecule has 8 heteroatoms. The average Bonchev–Trinajstić information content (AvgIpc) is 2.78. The largest absolute Gasteiger partial charge is 0.396 e. The zero-order chi connectivity index (χ0) is 14.6. The first-order valence-corrected chi connectivity index (χ1v) is 7.29. The third-order valence-corrected chi connectivity index (χ3v) is 4.10. The second-order valence-electron chi connectivity index (χ2n) is 4.38. The van der Waals surface area contributed by atoms with E-state index >= 15 is 0 Å². The highest BCUT2D eigenvalue weighted by molar-refractivity contribution is 7.89. The first-order chi connectivity index (χ1) is 8.81. The zero-order valence-corrected chi connectivity index (χ0v) is 12.0. The molecule has 1 rings (SSSR count). The molecule has 0 aliphatic heterocycles. The fraction of sp³-hybridized carbons (Fsp3) is 0.545. The van der Waals surface area contributed by atoms with Gasteiger partial charge in [-0.05, 0) is 19.0 Å². The summed E-state index contributed by atoms with van der Waals surface area (Å²) < 4.78 is 26.9. The topological polar surface area (TPSA) is 100 Å². The predicted molar refractivity (Wildman–Crippen MR) is 70.2 cm³/mol. The number of nitrogens with one attached hydrogen (secondary N) is 2. The maximum absolute atomic E-state index is 11.9. The Balaban J connectivity index is 2.88. The number of aliphatic hydroxyl groups is 1. The number of aromatic nitrogens is 1. The Morgan fingerprint density at radius 1 is 1.53 bits per heavy atom. The van der Waals surface area contributed by atoms with E-state index in [-0.39, 0.29) is 29.0 Å². The van der Waals surface area contributed by atoms with Crippen LogP contribution in [0.5, 0.6) is 0 Å². The van der Waals surface area contributed by atoms with Crippen LogP contribution in [0.2, 0.25) is 0 Å². The lowest BCUT2D eigenvalue weighted by Crippen LogP contribution is -2.30. The number of rotatable bonds is 6. The summed E-state index contributed by atoms with van der Waals surface area (Å²) in [4.78, 5) is 11.9. The molecule has 108 valence electrons. The lowest BCUT2D eigenvalue weighted by molar-refractivity contribution is 0.0934. The summed E-state index contributed by atoms with van der Waals surface area (Å²) in [6.07, 6.45) is 1.37. The molecule has 19 heavy (non-hydrogen) atoms. The van der Waals surface area contributed by atoms with Crippen molar-refractivity contribution in [3.8, 4) is 0 Å². The van der Waals surface area contributed by atoms with Gasteiger partial charge in [0.15, 0.2) is 0 Å². The van der Waals surface area contributed by atoms with Gasteiger partial charge in [0, 0.05) is 26.4 Å². The summed E-state index contributed by atoms with van der Waals surface area (Å²) >= 11 is 0. The summed E-state index contributed by atoms with van der Waals surface area (Å²) in [5.74, 6) is -0.426. The van der Waals surface area contributed by atoms with Crippen molar-refractivity contribution in [2.45, 2.75) is 11.8 Å². The van der Waals surface area contributed by atoms with E-state index in [0.29, 0.717) is 6.54 Å². The molecule has 0 spiro atoms. The van der Waals surface area contributed by atoms with Crippen LogP contribution in [0.15, 0.2) is 17.2 Å². The minimum Gasteiger partial charge on any atom is -0.396 e. The van der Waals surface area contributed by atoms with Crippen molar-refractivity contribution in [2.24, 2.45) is 13.0 Å². The van der Waals surface area contributed by atoms with Crippen LogP contribution in [-0.4, -0.2) is 44.2 Å². The van der Waals surface area contributed by atoms with Gasteiger partial charge in [-0.2, -0.15) is 0 Å². The van der Waals surface area contributed by atoms with Crippen LogP contribution < -0.4 is 10.0 Å². The Morgan fingerprint density at radius 2 is 2.16 bits per heavy atom. The number of carbonyl (C=O) groups excluding carboxylic acids is 1. The first kappa shape index (κ1) is 15.7. The molecule has 1 aromatic heterocycles. The number of hydrogen-bond donors (Lipinski definition) is 3. The Morgan fingerprint density at radius 3 is 2.68 bits per heavy atom. The van der Waals surface area contributed by atoms with E-state index in [1.165, 1.54) is 23.9 Å².